The van der Waals surface area contributed by atoms with Crippen LogP contribution in [0.5, 0.6) is 17.4 Å². The van der Waals surface area contributed by atoms with Crippen LogP contribution in [-0.4, -0.2) is 41.0 Å². The van der Waals surface area contributed by atoms with Crippen LogP contribution in [0.25, 0.3) is 0 Å². The minimum Gasteiger partial charge on any atom is -0.497 e. The number of amides is 1. The average molecular weight is 341 g/mol. The van der Waals surface area contributed by atoms with Crippen LogP contribution in [0.3, 0.4) is 0 Å². The first-order valence-electron chi connectivity index (χ1n) is 8.54. The Morgan fingerprint density at radius 3 is 2.84 bits per heavy atom. The molecule has 2 aromatic rings. The number of benzene rings is 1. The van der Waals surface area contributed by atoms with Gasteiger partial charge in [-0.2, -0.15) is 4.98 Å². The van der Waals surface area contributed by atoms with Gasteiger partial charge >= 0.3 is 0 Å². The van der Waals surface area contributed by atoms with Crippen LogP contribution in [0.15, 0.2) is 30.3 Å². The van der Waals surface area contributed by atoms with E-state index in [2.05, 4.69) is 9.97 Å². The molecule has 0 N–H and O–H groups in total. The second-order valence-electron chi connectivity index (χ2n) is 6.17. The maximum absolute atomic E-state index is 11.9. The highest BCUT2D eigenvalue weighted by atomic mass is 16.5. The third-order valence-corrected chi connectivity index (χ3v) is 4.32. The first-order chi connectivity index (χ1) is 12.1. The Morgan fingerprint density at radius 2 is 2.08 bits per heavy atom. The minimum absolute atomic E-state index is 0.156. The number of hydrogen-bond donors (Lipinski definition) is 0. The molecule has 0 unspecified atom stereocenters. The minimum atomic E-state index is 0.156. The monoisotopic (exact) mass is 341 g/mol. The van der Waals surface area contributed by atoms with Gasteiger partial charge in [0, 0.05) is 43.3 Å². The van der Waals surface area contributed by atoms with Gasteiger partial charge in [0.2, 0.25) is 11.8 Å². The van der Waals surface area contributed by atoms with E-state index in [9.17, 15) is 4.79 Å². The van der Waals surface area contributed by atoms with Crippen molar-refractivity contribution < 1.29 is 14.3 Å². The standard InChI is InChI=1S/C19H23N3O3/c1-4-18(23)22-9-8-14(12-22)19-20-13(2)10-17(21-19)25-16-7-5-6-15(11-16)24-3/h5-7,10-11,14H,4,8-9,12H2,1-3H3/t14-/m1/s1. The van der Waals surface area contributed by atoms with E-state index in [1.54, 1.807) is 7.11 Å². The van der Waals surface area contributed by atoms with Crippen molar-refractivity contribution in [3.05, 3.63) is 41.9 Å². The molecule has 1 amide bonds. The van der Waals surface area contributed by atoms with Gasteiger partial charge in [0.15, 0.2) is 0 Å². The molecule has 3 rings (SSSR count). The topological polar surface area (TPSA) is 64.6 Å². The van der Waals surface area contributed by atoms with Crippen molar-refractivity contribution in [1.82, 2.24) is 14.9 Å². The molecule has 1 fully saturated rings. The van der Waals surface area contributed by atoms with Gasteiger partial charge in [-0.1, -0.05) is 13.0 Å². The van der Waals surface area contributed by atoms with Gasteiger partial charge in [-0.05, 0) is 25.5 Å². The molecule has 0 bridgehead atoms. The summed E-state index contributed by atoms with van der Waals surface area (Å²) in [4.78, 5) is 22.9. The normalized spacial score (nSPS) is 16.8. The molecular weight excluding hydrogens is 318 g/mol. The fraction of sp³-hybridized carbons (Fsp3) is 0.421. The summed E-state index contributed by atoms with van der Waals surface area (Å²) in [6.45, 7) is 5.25. The first-order valence-corrected chi connectivity index (χ1v) is 8.54. The van der Waals surface area contributed by atoms with Crippen molar-refractivity contribution in [3.8, 4) is 17.4 Å². The lowest BCUT2D eigenvalue weighted by molar-refractivity contribution is -0.129. The second-order valence-corrected chi connectivity index (χ2v) is 6.17. The van der Waals surface area contributed by atoms with Crippen LogP contribution in [0.1, 0.15) is 37.2 Å². The van der Waals surface area contributed by atoms with E-state index in [0.717, 1.165) is 30.2 Å². The van der Waals surface area contributed by atoms with E-state index in [1.807, 2.05) is 49.1 Å². The van der Waals surface area contributed by atoms with Gasteiger partial charge in [0.05, 0.1) is 7.11 Å². The predicted octanol–water partition coefficient (Wildman–Crippen LogP) is 3.31. The number of methoxy groups -OCH3 is 1. The SMILES string of the molecule is CCC(=O)N1CC[C@@H](c2nc(C)cc(Oc3cccc(OC)c3)n2)C1. The highest BCUT2D eigenvalue weighted by Crippen LogP contribution is 2.29. The maximum Gasteiger partial charge on any atom is 0.222 e. The molecule has 0 radical (unpaired) electrons. The van der Waals surface area contributed by atoms with Crippen molar-refractivity contribution in [2.75, 3.05) is 20.2 Å². The Kier molecular flexibility index (Phi) is 5.16. The number of rotatable bonds is 5. The van der Waals surface area contributed by atoms with Crippen molar-refractivity contribution in [2.24, 2.45) is 0 Å². The lowest BCUT2D eigenvalue weighted by Crippen LogP contribution is -2.27. The fourth-order valence-electron chi connectivity index (χ4n) is 3.00. The van der Waals surface area contributed by atoms with Gasteiger partial charge < -0.3 is 14.4 Å². The summed E-state index contributed by atoms with van der Waals surface area (Å²) in [7, 11) is 1.62. The summed E-state index contributed by atoms with van der Waals surface area (Å²) < 4.78 is 11.1. The first kappa shape index (κ1) is 17.2. The van der Waals surface area contributed by atoms with Crippen LogP contribution in [-0.2, 0) is 4.79 Å². The summed E-state index contributed by atoms with van der Waals surface area (Å²) in [5, 5.41) is 0. The molecule has 0 saturated carbocycles. The quantitative estimate of drug-likeness (QED) is 0.835. The summed E-state index contributed by atoms with van der Waals surface area (Å²) in [5.41, 5.74) is 0.850. The van der Waals surface area contributed by atoms with Crippen LogP contribution < -0.4 is 9.47 Å². The number of carbonyl (C=O) groups is 1. The largest absolute Gasteiger partial charge is 0.497 e. The molecule has 132 valence electrons. The maximum atomic E-state index is 11.9. The van der Waals surface area contributed by atoms with Crippen molar-refractivity contribution in [1.29, 1.82) is 0 Å². The molecule has 1 aliphatic heterocycles. The zero-order chi connectivity index (χ0) is 17.8. The lowest BCUT2D eigenvalue weighted by atomic mass is 10.1. The number of aryl methyl sites for hydroxylation is 1. The van der Waals surface area contributed by atoms with Gasteiger partial charge in [-0.25, -0.2) is 4.98 Å². The Balaban J connectivity index is 1.78. The van der Waals surface area contributed by atoms with E-state index in [0.29, 0.717) is 24.6 Å². The fourth-order valence-corrected chi connectivity index (χ4v) is 3.00. The molecular formula is C19H23N3O3. The molecule has 1 atom stereocenters. The molecule has 25 heavy (non-hydrogen) atoms. The Morgan fingerprint density at radius 1 is 1.28 bits per heavy atom. The van der Waals surface area contributed by atoms with Crippen molar-refractivity contribution in [2.45, 2.75) is 32.6 Å². The Bertz CT molecular complexity index is 763. The zero-order valence-corrected chi connectivity index (χ0v) is 14.9. The van der Waals surface area contributed by atoms with Gasteiger partial charge in [-0.3, -0.25) is 4.79 Å². The molecule has 6 heteroatoms. The van der Waals surface area contributed by atoms with Crippen molar-refractivity contribution >= 4 is 5.91 Å². The van der Waals surface area contributed by atoms with E-state index in [4.69, 9.17) is 9.47 Å². The molecule has 1 aromatic carbocycles. The van der Waals surface area contributed by atoms with E-state index in [-0.39, 0.29) is 11.8 Å². The highest BCUT2D eigenvalue weighted by molar-refractivity contribution is 5.76. The molecule has 1 aromatic heterocycles. The van der Waals surface area contributed by atoms with Gasteiger partial charge in [-0.15, -0.1) is 0 Å². The number of nitrogens with zero attached hydrogens (tertiary/aromatic N) is 3. The van der Waals surface area contributed by atoms with Crippen LogP contribution in [0.2, 0.25) is 0 Å². The molecule has 0 spiro atoms. The average Bonchev–Trinajstić information content (AvgIpc) is 3.11. The van der Waals surface area contributed by atoms with Crippen LogP contribution in [0.4, 0.5) is 0 Å². The van der Waals surface area contributed by atoms with Crippen molar-refractivity contribution in [3.63, 3.8) is 0 Å². The number of carbonyl (C=O) groups excluding carboxylic acids is 1. The molecule has 2 heterocycles. The number of hydrogen-bond acceptors (Lipinski definition) is 5. The third-order valence-electron chi connectivity index (χ3n) is 4.32. The summed E-state index contributed by atoms with van der Waals surface area (Å²) >= 11 is 0. The van der Waals surface area contributed by atoms with E-state index >= 15 is 0 Å². The number of likely N-dealkylation sites (tertiary alicyclic amines) is 1. The second kappa shape index (κ2) is 7.51. The Labute approximate surface area is 147 Å². The predicted molar refractivity (Wildman–Crippen MR) is 94.1 cm³/mol. The van der Waals surface area contributed by atoms with Crippen LogP contribution >= 0.6 is 0 Å². The lowest BCUT2D eigenvalue weighted by Gasteiger charge is -2.15. The summed E-state index contributed by atoms with van der Waals surface area (Å²) in [6, 6.07) is 9.22. The van der Waals surface area contributed by atoms with Crippen LogP contribution in [0, 0.1) is 6.92 Å². The highest BCUT2D eigenvalue weighted by Gasteiger charge is 2.28. The molecule has 0 aliphatic carbocycles. The number of ether oxygens (including phenoxy) is 2. The summed E-state index contributed by atoms with van der Waals surface area (Å²) in [5.74, 6) is 2.98. The molecule has 6 nitrogen and oxygen atoms in total. The van der Waals surface area contributed by atoms with Gasteiger partial charge in [0.1, 0.15) is 17.3 Å². The summed E-state index contributed by atoms with van der Waals surface area (Å²) in [6.07, 6.45) is 1.42. The molecule has 1 aliphatic rings. The smallest absolute Gasteiger partial charge is 0.222 e. The number of aromatic nitrogens is 2. The van der Waals surface area contributed by atoms with E-state index in [1.165, 1.54) is 0 Å². The Hall–Kier alpha value is -2.63. The van der Waals surface area contributed by atoms with Gasteiger partial charge in [0.25, 0.3) is 0 Å². The zero-order valence-electron chi connectivity index (χ0n) is 14.9. The third kappa shape index (κ3) is 4.07. The molecule has 1 saturated heterocycles. The van der Waals surface area contributed by atoms with E-state index < -0.39 is 0 Å².